The Kier molecular flexibility index (Phi) is 3.00. The van der Waals surface area contributed by atoms with Gasteiger partial charge in [-0.25, -0.2) is 0 Å². The molecule has 0 saturated heterocycles. The van der Waals surface area contributed by atoms with E-state index < -0.39 is 28.7 Å². The third-order valence-electron chi connectivity index (χ3n) is 2.75. The van der Waals surface area contributed by atoms with Gasteiger partial charge in [0.15, 0.2) is 23.0 Å². The molecule has 6 nitrogen and oxygen atoms in total. The van der Waals surface area contributed by atoms with Crippen LogP contribution in [-0.4, -0.2) is 32.6 Å². The van der Waals surface area contributed by atoms with E-state index in [2.05, 4.69) is 0 Å². The van der Waals surface area contributed by atoms with Gasteiger partial charge in [0.1, 0.15) is 0 Å². The van der Waals surface area contributed by atoms with E-state index in [0.29, 0.717) is 0 Å². The molecule has 0 fully saturated rings. The van der Waals surface area contributed by atoms with E-state index in [1.807, 2.05) is 0 Å². The molecule has 0 unspecified atom stereocenters. The fourth-order valence-corrected chi connectivity index (χ4v) is 1.73. The van der Waals surface area contributed by atoms with Crippen molar-refractivity contribution < 1.29 is 30.3 Å². The molecule has 2 aromatic carbocycles. The van der Waals surface area contributed by atoms with Crippen LogP contribution in [0.2, 0.25) is 0 Å². The first-order chi connectivity index (χ1) is 8.97. The van der Waals surface area contributed by atoms with Crippen molar-refractivity contribution in [2.75, 3.05) is 7.11 Å². The monoisotopic (exact) mass is 264 g/mol. The number of phenols is 5. The van der Waals surface area contributed by atoms with Gasteiger partial charge in [0.2, 0.25) is 11.5 Å². The van der Waals surface area contributed by atoms with Crippen molar-refractivity contribution in [3.05, 3.63) is 24.3 Å². The average molecular weight is 264 g/mol. The van der Waals surface area contributed by atoms with E-state index in [1.54, 1.807) is 0 Å². The molecule has 0 aliphatic heterocycles. The fourth-order valence-electron chi connectivity index (χ4n) is 1.73. The molecule has 2 rings (SSSR count). The molecule has 0 atom stereocenters. The van der Waals surface area contributed by atoms with Gasteiger partial charge in [-0.3, -0.25) is 0 Å². The Hall–Kier alpha value is -2.76. The molecule has 100 valence electrons. The van der Waals surface area contributed by atoms with Crippen LogP contribution in [0, 0.1) is 0 Å². The molecule has 0 radical (unpaired) electrons. The van der Waals surface area contributed by atoms with Crippen molar-refractivity contribution in [1.29, 1.82) is 0 Å². The molecule has 0 aromatic heterocycles. The SMILES string of the molecule is COc1ccc(-c2ccc(O)c(O)c2O)c(O)c1O. The molecule has 0 bridgehead atoms. The van der Waals surface area contributed by atoms with E-state index in [1.165, 1.54) is 25.3 Å². The Morgan fingerprint density at radius 2 is 1.21 bits per heavy atom. The normalized spacial score (nSPS) is 10.4. The van der Waals surface area contributed by atoms with Crippen LogP contribution in [-0.2, 0) is 0 Å². The molecule has 5 N–H and O–H groups in total. The minimum atomic E-state index is -0.702. The Labute approximate surface area is 108 Å². The zero-order chi connectivity index (χ0) is 14.2. The highest BCUT2D eigenvalue weighted by Crippen LogP contribution is 2.48. The largest absolute Gasteiger partial charge is 0.504 e. The Morgan fingerprint density at radius 1 is 0.684 bits per heavy atom. The summed E-state index contributed by atoms with van der Waals surface area (Å²) in [6.45, 7) is 0. The third kappa shape index (κ3) is 1.93. The number of methoxy groups -OCH3 is 1. The maximum Gasteiger partial charge on any atom is 0.201 e. The molecular weight excluding hydrogens is 252 g/mol. The number of rotatable bonds is 2. The van der Waals surface area contributed by atoms with E-state index in [0.717, 1.165) is 6.07 Å². The van der Waals surface area contributed by atoms with Crippen molar-refractivity contribution in [2.45, 2.75) is 0 Å². The highest BCUT2D eigenvalue weighted by molar-refractivity contribution is 5.82. The molecule has 0 heterocycles. The summed E-state index contributed by atoms with van der Waals surface area (Å²) in [6.07, 6.45) is 0. The Morgan fingerprint density at radius 3 is 1.79 bits per heavy atom. The maximum absolute atomic E-state index is 9.86. The molecular formula is C13H12O6. The summed E-state index contributed by atoms with van der Waals surface area (Å²) >= 11 is 0. The molecule has 2 aromatic rings. The van der Waals surface area contributed by atoms with Crippen LogP contribution in [0.5, 0.6) is 34.5 Å². The van der Waals surface area contributed by atoms with E-state index in [9.17, 15) is 25.5 Å². The fraction of sp³-hybridized carbons (Fsp3) is 0.0769. The topological polar surface area (TPSA) is 110 Å². The van der Waals surface area contributed by atoms with Crippen molar-refractivity contribution in [1.82, 2.24) is 0 Å². The molecule has 0 aliphatic rings. The zero-order valence-corrected chi connectivity index (χ0v) is 9.95. The lowest BCUT2D eigenvalue weighted by atomic mass is 10.0. The van der Waals surface area contributed by atoms with Gasteiger partial charge < -0.3 is 30.3 Å². The van der Waals surface area contributed by atoms with Gasteiger partial charge in [-0.15, -0.1) is 0 Å². The number of hydrogen-bond donors (Lipinski definition) is 5. The summed E-state index contributed by atoms with van der Waals surface area (Å²) < 4.78 is 4.83. The summed E-state index contributed by atoms with van der Waals surface area (Å²) in [4.78, 5) is 0. The van der Waals surface area contributed by atoms with E-state index in [-0.39, 0.29) is 16.9 Å². The van der Waals surface area contributed by atoms with Crippen LogP contribution >= 0.6 is 0 Å². The van der Waals surface area contributed by atoms with E-state index in [4.69, 9.17) is 4.74 Å². The van der Waals surface area contributed by atoms with Crippen molar-refractivity contribution in [3.63, 3.8) is 0 Å². The zero-order valence-electron chi connectivity index (χ0n) is 9.95. The highest BCUT2D eigenvalue weighted by Gasteiger charge is 2.19. The number of benzene rings is 2. The molecule has 0 spiro atoms. The molecule has 0 aliphatic carbocycles. The van der Waals surface area contributed by atoms with Crippen LogP contribution < -0.4 is 4.74 Å². The van der Waals surface area contributed by atoms with Crippen LogP contribution in [0.25, 0.3) is 11.1 Å². The first kappa shape index (κ1) is 12.7. The maximum atomic E-state index is 9.86. The van der Waals surface area contributed by atoms with Crippen LogP contribution in [0.15, 0.2) is 24.3 Å². The summed E-state index contributed by atoms with van der Waals surface area (Å²) in [5.74, 6) is -2.69. The number of hydrogen-bond acceptors (Lipinski definition) is 6. The van der Waals surface area contributed by atoms with Crippen molar-refractivity contribution in [2.24, 2.45) is 0 Å². The van der Waals surface area contributed by atoms with Gasteiger partial charge in [-0.1, -0.05) is 0 Å². The van der Waals surface area contributed by atoms with Crippen LogP contribution in [0.4, 0.5) is 0 Å². The first-order valence-electron chi connectivity index (χ1n) is 5.30. The van der Waals surface area contributed by atoms with E-state index >= 15 is 0 Å². The minimum absolute atomic E-state index is 0.0609. The predicted molar refractivity (Wildman–Crippen MR) is 66.8 cm³/mol. The van der Waals surface area contributed by atoms with Crippen molar-refractivity contribution >= 4 is 0 Å². The second kappa shape index (κ2) is 4.49. The van der Waals surface area contributed by atoms with Gasteiger partial charge in [-0.2, -0.15) is 0 Å². The quantitative estimate of drug-likeness (QED) is 0.530. The Balaban J connectivity index is 2.67. The number of ether oxygens (including phenoxy) is 1. The summed E-state index contributed by atoms with van der Waals surface area (Å²) in [6, 6.07) is 5.25. The molecule has 0 amide bonds. The third-order valence-corrected chi connectivity index (χ3v) is 2.75. The second-order valence-corrected chi connectivity index (χ2v) is 3.84. The first-order valence-corrected chi connectivity index (χ1v) is 5.30. The van der Waals surface area contributed by atoms with Gasteiger partial charge >= 0.3 is 0 Å². The molecule has 19 heavy (non-hydrogen) atoms. The number of phenolic OH excluding ortho intramolecular Hbond substituents is 5. The van der Waals surface area contributed by atoms with Gasteiger partial charge in [-0.05, 0) is 24.3 Å². The van der Waals surface area contributed by atoms with Crippen LogP contribution in [0.3, 0.4) is 0 Å². The number of aromatic hydroxyl groups is 5. The molecule has 6 heteroatoms. The van der Waals surface area contributed by atoms with Crippen molar-refractivity contribution in [3.8, 4) is 45.6 Å². The predicted octanol–water partition coefficient (Wildman–Crippen LogP) is 1.89. The highest BCUT2D eigenvalue weighted by atomic mass is 16.5. The van der Waals surface area contributed by atoms with Gasteiger partial charge in [0.05, 0.1) is 7.11 Å². The lowest BCUT2D eigenvalue weighted by Gasteiger charge is -2.12. The summed E-state index contributed by atoms with van der Waals surface area (Å²) in [7, 11) is 1.33. The lowest BCUT2D eigenvalue weighted by Crippen LogP contribution is -1.87. The second-order valence-electron chi connectivity index (χ2n) is 3.84. The average Bonchev–Trinajstić information content (AvgIpc) is 2.40. The summed E-state index contributed by atoms with van der Waals surface area (Å²) in [5, 5.41) is 48.0. The van der Waals surface area contributed by atoms with Gasteiger partial charge in [0.25, 0.3) is 0 Å². The summed E-state index contributed by atoms with van der Waals surface area (Å²) in [5.41, 5.74) is 0.150. The van der Waals surface area contributed by atoms with Gasteiger partial charge in [0, 0.05) is 11.1 Å². The Bertz CT molecular complexity index is 636. The van der Waals surface area contributed by atoms with Crippen LogP contribution in [0.1, 0.15) is 0 Å². The minimum Gasteiger partial charge on any atom is -0.504 e. The standard InChI is InChI=1S/C13H12O6/c1-19-9-5-3-7(11(16)13(9)18)6-2-4-8(14)12(17)10(6)15/h2-5,14-18H,1H3. The molecule has 0 saturated carbocycles. The lowest BCUT2D eigenvalue weighted by molar-refractivity contribution is 0.351. The smallest absolute Gasteiger partial charge is 0.201 e.